The number of rotatable bonds is 3. The Kier molecular flexibility index (Phi) is 4.64. The SMILES string of the molecule is OCC1O[C@@H](S)[C@@H](O)C(n2cc(-c3ccccc3F)nn2)[C@H]1O. The largest absolute Gasteiger partial charge is 0.394 e. The molecule has 1 aliphatic heterocycles. The van der Waals surface area contributed by atoms with Gasteiger partial charge in [0.25, 0.3) is 0 Å². The van der Waals surface area contributed by atoms with Crippen molar-refractivity contribution in [2.24, 2.45) is 0 Å². The Bertz CT molecular complexity index is 686. The van der Waals surface area contributed by atoms with Gasteiger partial charge in [0.05, 0.1) is 12.8 Å². The first kappa shape index (κ1) is 16.3. The first-order valence-electron chi connectivity index (χ1n) is 7.00. The predicted molar refractivity (Wildman–Crippen MR) is 81.2 cm³/mol. The molecule has 0 radical (unpaired) electrons. The molecule has 1 saturated heterocycles. The fourth-order valence-corrected chi connectivity index (χ4v) is 2.94. The molecule has 0 amide bonds. The second-order valence-corrected chi connectivity index (χ2v) is 5.79. The molecule has 1 aromatic heterocycles. The summed E-state index contributed by atoms with van der Waals surface area (Å²) in [6.45, 7) is -0.434. The lowest BCUT2D eigenvalue weighted by Crippen LogP contribution is -2.54. The Morgan fingerprint density at radius 2 is 2.00 bits per heavy atom. The number of nitrogens with zero attached hydrogens (tertiary/aromatic N) is 3. The van der Waals surface area contributed by atoms with E-state index in [1.54, 1.807) is 18.2 Å². The van der Waals surface area contributed by atoms with Crippen molar-refractivity contribution in [3.8, 4) is 11.3 Å². The Labute approximate surface area is 136 Å². The van der Waals surface area contributed by atoms with Crippen LogP contribution in [0.2, 0.25) is 0 Å². The molecule has 124 valence electrons. The summed E-state index contributed by atoms with van der Waals surface area (Å²) in [6, 6.07) is 5.17. The predicted octanol–water partition coefficient (Wildman–Crippen LogP) is -0.00590. The number of aromatic nitrogens is 3. The van der Waals surface area contributed by atoms with Crippen LogP contribution in [0.1, 0.15) is 6.04 Å². The van der Waals surface area contributed by atoms with Gasteiger partial charge in [-0.05, 0) is 12.1 Å². The molecule has 7 nitrogen and oxygen atoms in total. The molecule has 9 heteroatoms. The highest BCUT2D eigenvalue weighted by Gasteiger charge is 2.44. The molecule has 3 rings (SSSR count). The van der Waals surface area contributed by atoms with Gasteiger partial charge in [0, 0.05) is 5.56 Å². The van der Waals surface area contributed by atoms with Gasteiger partial charge in [-0.2, -0.15) is 0 Å². The summed E-state index contributed by atoms with van der Waals surface area (Å²) < 4.78 is 20.3. The van der Waals surface area contributed by atoms with Crippen molar-refractivity contribution in [1.82, 2.24) is 15.0 Å². The van der Waals surface area contributed by atoms with E-state index in [0.717, 1.165) is 0 Å². The normalized spacial score (nSPS) is 31.3. The fraction of sp³-hybridized carbons (Fsp3) is 0.429. The number of hydrogen-bond donors (Lipinski definition) is 4. The molecule has 1 fully saturated rings. The van der Waals surface area contributed by atoms with Crippen molar-refractivity contribution >= 4 is 12.6 Å². The average molecular weight is 341 g/mol. The molecule has 0 aliphatic carbocycles. The van der Waals surface area contributed by atoms with Crippen LogP contribution < -0.4 is 0 Å². The number of benzene rings is 1. The molecule has 1 aliphatic rings. The van der Waals surface area contributed by atoms with Crippen molar-refractivity contribution in [1.29, 1.82) is 0 Å². The highest BCUT2D eigenvalue weighted by atomic mass is 32.1. The second kappa shape index (κ2) is 6.54. The molecule has 2 aromatic rings. The quantitative estimate of drug-likeness (QED) is 0.586. The van der Waals surface area contributed by atoms with Gasteiger partial charge >= 0.3 is 0 Å². The molecule has 0 spiro atoms. The highest BCUT2D eigenvalue weighted by Crippen LogP contribution is 2.32. The molecule has 23 heavy (non-hydrogen) atoms. The van der Waals surface area contributed by atoms with Crippen LogP contribution >= 0.6 is 12.6 Å². The molecule has 1 aromatic carbocycles. The minimum atomic E-state index is -1.21. The summed E-state index contributed by atoms with van der Waals surface area (Å²) in [5.74, 6) is -0.451. The molecule has 0 bridgehead atoms. The average Bonchev–Trinajstić information content (AvgIpc) is 3.01. The Balaban J connectivity index is 1.94. The van der Waals surface area contributed by atoms with E-state index in [0.29, 0.717) is 0 Å². The maximum Gasteiger partial charge on any atom is 0.132 e. The molecule has 0 saturated carbocycles. The molecule has 2 unspecified atom stereocenters. The third kappa shape index (κ3) is 2.98. The fourth-order valence-electron chi connectivity index (χ4n) is 2.61. The van der Waals surface area contributed by atoms with E-state index in [2.05, 4.69) is 22.9 Å². The summed E-state index contributed by atoms with van der Waals surface area (Å²) >= 11 is 4.10. The van der Waals surface area contributed by atoms with E-state index in [4.69, 9.17) is 4.74 Å². The smallest absolute Gasteiger partial charge is 0.132 e. The first-order valence-corrected chi connectivity index (χ1v) is 7.52. The van der Waals surface area contributed by atoms with Crippen molar-refractivity contribution in [2.75, 3.05) is 6.61 Å². The van der Waals surface area contributed by atoms with Gasteiger partial charge in [-0.3, -0.25) is 0 Å². The minimum Gasteiger partial charge on any atom is -0.394 e. The van der Waals surface area contributed by atoms with Crippen LogP contribution in [0.4, 0.5) is 4.39 Å². The van der Waals surface area contributed by atoms with E-state index in [1.807, 2.05) is 0 Å². The van der Waals surface area contributed by atoms with Gasteiger partial charge in [0.15, 0.2) is 0 Å². The third-order valence-electron chi connectivity index (χ3n) is 3.83. The number of ether oxygens (including phenoxy) is 1. The number of thiol groups is 1. The van der Waals surface area contributed by atoms with Gasteiger partial charge in [0.2, 0.25) is 0 Å². The first-order chi connectivity index (χ1) is 11.0. The van der Waals surface area contributed by atoms with Crippen LogP contribution in [0.5, 0.6) is 0 Å². The Morgan fingerprint density at radius 1 is 1.26 bits per heavy atom. The summed E-state index contributed by atoms with van der Waals surface area (Å²) in [5.41, 5.74) is -0.372. The summed E-state index contributed by atoms with van der Waals surface area (Å²) in [7, 11) is 0. The van der Waals surface area contributed by atoms with Crippen LogP contribution in [0, 0.1) is 5.82 Å². The Morgan fingerprint density at radius 3 is 2.70 bits per heavy atom. The maximum absolute atomic E-state index is 13.8. The monoisotopic (exact) mass is 341 g/mol. The van der Waals surface area contributed by atoms with Crippen LogP contribution in [-0.4, -0.2) is 60.7 Å². The van der Waals surface area contributed by atoms with Gasteiger partial charge in [-0.25, -0.2) is 9.07 Å². The van der Waals surface area contributed by atoms with E-state index < -0.39 is 42.2 Å². The summed E-state index contributed by atoms with van der Waals surface area (Å²) in [6.07, 6.45) is -1.87. The van der Waals surface area contributed by atoms with E-state index in [1.165, 1.54) is 16.9 Å². The topological polar surface area (TPSA) is 101 Å². The molecular weight excluding hydrogens is 325 g/mol. The van der Waals surface area contributed by atoms with Crippen LogP contribution in [0.3, 0.4) is 0 Å². The van der Waals surface area contributed by atoms with E-state index in [-0.39, 0.29) is 11.3 Å². The van der Waals surface area contributed by atoms with Crippen molar-refractivity contribution in [3.05, 3.63) is 36.3 Å². The lowest BCUT2D eigenvalue weighted by molar-refractivity contribution is -0.178. The van der Waals surface area contributed by atoms with E-state index in [9.17, 15) is 19.7 Å². The van der Waals surface area contributed by atoms with Crippen molar-refractivity contribution in [3.63, 3.8) is 0 Å². The summed E-state index contributed by atoms with van der Waals surface area (Å²) in [4.78, 5) is 0. The summed E-state index contributed by atoms with van der Waals surface area (Å²) in [5, 5.41) is 37.5. The zero-order valence-corrected chi connectivity index (χ0v) is 12.8. The number of halogens is 1. The minimum absolute atomic E-state index is 0.260. The third-order valence-corrected chi connectivity index (χ3v) is 4.26. The number of hydrogen-bond acceptors (Lipinski definition) is 7. The lowest BCUT2D eigenvalue weighted by atomic mass is 9.97. The lowest BCUT2D eigenvalue weighted by Gasteiger charge is -2.40. The van der Waals surface area contributed by atoms with Crippen LogP contribution in [-0.2, 0) is 4.74 Å². The van der Waals surface area contributed by atoms with Gasteiger partial charge in [0.1, 0.15) is 41.3 Å². The zero-order chi connectivity index (χ0) is 16.6. The Hall–Kier alpha value is -1.52. The molecule has 3 N–H and O–H groups in total. The molecule has 2 heterocycles. The van der Waals surface area contributed by atoms with Crippen molar-refractivity contribution in [2.45, 2.75) is 29.8 Å². The number of aliphatic hydroxyl groups is 3. The van der Waals surface area contributed by atoms with E-state index >= 15 is 0 Å². The van der Waals surface area contributed by atoms with Crippen LogP contribution in [0.25, 0.3) is 11.3 Å². The number of aliphatic hydroxyl groups excluding tert-OH is 3. The zero-order valence-electron chi connectivity index (χ0n) is 11.9. The van der Waals surface area contributed by atoms with Gasteiger partial charge < -0.3 is 20.1 Å². The second-order valence-electron chi connectivity index (χ2n) is 5.28. The van der Waals surface area contributed by atoms with Gasteiger partial charge in [-0.15, -0.1) is 17.7 Å². The molecular formula is C14H16FN3O4S. The van der Waals surface area contributed by atoms with Crippen molar-refractivity contribution < 1.29 is 24.4 Å². The maximum atomic E-state index is 13.8. The molecule has 5 atom stereocenters. The highest BCUT2D eigenvalue weighted by molar-refractivity contribution is 7.80. The van der Waals surface area contributed by atoms with Crippen LogP contribution in [0.15, 0.2) is 30.5 Å². The standard InChI is InChI=1S/C14H16FN3O4S/c15-8-4-2-1-3-7(8)9-5-18(17-16-9)11-12(20)10(6-19)22-14(23)13(11)21/h1-5,10-14,19-21,23H,6H2/t10?,11?,12-,13-,14-/m0/s1. The van der Waals surface area contributed by atoms with Gasteiger partial charge in [-0.1, -0.05) is 17.3 Å².